The van der Waals surface area contributed by atoms with E-state index in [1.807, 2.05) is 0 Å². The van der Waals surface area contributed by atoms with E-state index >= 15 is 0 Å². The van der Waals surface area contributed by atoms with E-state index < -0.39 is 95.9 Å². The monoisotopic (exact) mass is 618 g/mol. The third-order valence-corrected chi connectivity index (χ3v) is 6.52. The maximum absolute atomic E-state index is 13.6. The summed E-state index contributed by atoms with van der Waals surface area (Å²) < 4.78 is 33.5. The lowest BCUT2D eigenvalue weighted by Gasteiger charge is -2.45. The fraction of sp³-hybridized carbons (Fsp3) is 0.467. The molecule has 1 aromatic carbocycles. The van der Waals surface area contributed by atoms with Crippen LogP contribution in [0.4, 0.5) is 0 Å². The lowest BCUT2D eigenvalue weighted by Crippen LogP contribution is -2.63. The Balaban J connectivity index is 2.13. The number of rotatable bonds is 10. The van der Waals surface area contributed by atoms with Crippen molar-refractivity contribution >= 4 is 35.4 Å². The van der Waals surface area contributed by atoms with E-state index in [0.717, 1.165) is 51.5 Å². The van der Waals surface area contributed by atoms with Crippen molar-refractivity contribution in [2.45, 2.75) is 84.8 Å². The third-order valence-electron chi connectivity index (χ3n) is 6.52. The van der Waals surface area contributed by atoms with Crippen LogP contribution in [0.2, 0.25) is 0 Å². The summed E-state index contributed by atoms with van der Waals surface area (Å²) in [6.07, 6.45) is -6.18. The van der Waals surface area contributed by atoms with Gasteiger partial charge >= 0.3 is 23.9 Å². The third kappa shape index (κ3) is 8.08. The van der Waals surface area contributed by atoms with Crippen LogP contribution in [0.3, 0.4) is 0 Å². The fourth-order valence-electron chi connectivity index (χ4n) is 4.78. The van der Waals surface area contributed by atoms with Gasteiger partial charge in [-0.3, -0.25) is 28.8 Å². The van der Waals surface area contributed by atoms with Crippen molar-refractivity contribution in [1.82, 2.24) is 0 Å². The Morgan fingerprint density at radius 3 is 1.91 bits per heavy atom. The zero-order valence-electron chi connectivity index (χ0n) is 25.0. The molecule has 1 unspecified atom stereocenters. The summed E-state index contributed by atoms with van der Waals surface area (Å²) in [5, 5.41) is 20.7. The first-order valence-electron chi connectivity index (χ1n) is 13.6. The van der Waals surface area contributed by atoms with Gasteiger partial charge in [0.05, 0.1) is 17.2 Å². The molecule has 6 atom stereocenters. The van der Waals surface area contributed by atoms with Gasteiger partial charge in [0.1, 0.15) is 24.2 Å². The fourth-order valence-corrected chi connectivity index (χ4v) is 4.78. The van der Waals surface area contributed by atoms with Crippen molar-refractivity contribution in [2.24, 2.45) is 0 Å². The van der Waals surface area contributed by atoms with Crippen LogP contribution in [0, 0.1) is 0 Å². The maximum atomic E-state index is 13.6. The number of carbonyl (C=O) groups is 6. The predicted molar refractivity (Wildman–Crippen MR) is 147 cm³/mol. The topological polar surface area (TPSA) is 198 Å². The van der Waals surface area contributed by atoms with Crippen LogP contribution in [0.15, 0.2) is 35.4 Å². The van der Waals surface area contributed by atoms with Crippen LogP contribution in [0.5, 0.6) is 11.5 Å². The average Bonchev–Trinajstić information content (AvgIpc) is 2.91. The quantitative estimate of drug-likeness (QED) is 0.167. The van der Waals surface area contributed by atoms with Gasteiger partial charge in [0.25, 0.3) is 0 Å². The molecule has 14 nitrogen and oxygen atoms in total. The molecule has 44 heavy (non-hydrogen) atoms. The number of fused-ring (bicyclic) bond motifs is 1. The summed E-state index contributed by atoms with van der Waals surface area (Å²) in [5.41, 5.74) is -0.239. The molecule has 1 heterocycles. The first-order valence-corrected chi connectivity index (χ1v) is 13.6. The van der Waals surface area contributed by atoms with Gasteiger partial charge in [-0.2, -0.15) is 0 Å². The zero-order chi connectivity index (χ0) is 32.9. The molecular formula is C30H34O14. The minimum absolute atomic E-state index is 0.0328. The van der Waals surface area contributed by atoms with Crippen molar-refractivity contribution in [3.63, 3.8) is 0 Å². The Morgan fingerprint density at radius 2 is 1.36 bits per heavy atom. The van der Waals surface area contributed by atoms with Crippen molar-refractivity contribution in [1.29, 1.82) is 0 Å². The molecule has 1 aliphatic heterocycles. The van der Waals surface area contributed by atoms with E-state index in [9.17, 15) is 39.0 Å². The van der Waals surface area contributed by atoms with Crippen molar-refractivity contribution < 1.29 is 67.4 Å². The van der Waals surface area contributed by atoms with Gasteiger partial charge in [0, 0.05) is 33.3 Å². The van der Waals surface area contributed by atoms with Crippen LogP contribution in [-0.4, -0.2) is 89.1 Å². The molecule has 2 aliphatic rings. The molecule has 0 bridgehead atoms. The van der Waals surface area contributed by atoms with Crippen molar-refractivity contribution in [2.75, 3.05) is 6.61 Å². The highest BCUT2D eigenvalue weighted by atomic mass is 16.7. The van der Waals surface area contributed by atoms with Gasteiger partial charge in [-0.15, -0.1) is 0 Å². The lowest BCUT2D eigenvalue weighted by molar-refractivity contribution is -0.314. The lowest BCUT2D eigenvalue weighted by atomic mass is 9.85. The number of esters is 4. The SMILES string of the molecule is CC(=O)OC[C@H]1O[C@@H](OC(CC=C(C)C)C2=CC(=O)c3c(O)ccc(O)c3C2=O)[C@H](OC(C)=O)[C@@H](OC(C)=O)[C@H]1OC(C)=O. The predicted octanol–water partition coefficient (Wildman–Crippen LogP) is 2.23. The number of Topliss-reactive ketones (excluding diaryl/α,β-unsaturated/α-hetero) is 1. The number of hydrogen-bond donors (Lipinski definition) is 2. The molecule has 3 rings (SSSR count). The second kappa shape index (κ2) is 14.3. The number of phenols is 2. The molecule has 1 fully saturated rings. The standard InChI is InChI=1S/C30H34O14/c1-13(2)7-10-22(18-11-21(37)24-19(35)8-9-20(36)25(24)26(18)38)43-30-29(42-17(6)34)28(41-16(5)33)27(40-15(4)32)23(44-30)12-39-14(3)31/h7-9,11,22-23,27-30,35-36H,10,12H2,1-6H3/t22?,23-,27+,28+,29-,30-/m1/s1. The van der Waals surface area contributed by atoms with Gasteiger partial charge in [-0.1, -0.05) is 11.6 Å². The molecule has 238 valence electrons. The van der Waals surface area contributed by atoms with Crippen LogP contribution in [0.1, 0.15) is 68.7 Å². The van der Waals surface area contributed by atoms with Crippen molar-refractivity contribution in [3.05, 3.63) is 46.6 Å². The zero-order valence-corrected chi connectivity index (χ0v) is 25.0. The molecule has 0 aromatic heterocycles. The Hall–Kier alpha value is -4.56. The van der Waals surface area contributed by atoms with E-state index in [2.05, 4.69) is 0 Å². The van der Waals surface area contributed by atoms with Crippen LogP contribution in [-0.2, 0) is 47.6 Å². The smallest absolute Gasteiger partial charge is 0.303 e. The summed E-state index contributed by atoms with van der Waals surface area (Å²) in [6, 6.07) is 2.14. The van der Waals surface area contributed by atoms with Crippen LogP contribution < -0.4 is 0 Å². The minimum atomic E-state index is -1.64. The van der Waals surface area contributed by atoms with Gasteiger partial charge in [0.2, 0.25) is 0 Å². The van der Waals surface area contributed by atoms with E-state index in [-0.39, 0.29) is 17.6 Å². The number of carbonyl (C=O) groups excluding carboxylic acids is 6. The summed E-state index contributed by atoms with van der Waals surface area (Å²) in [4.78, 5) is 74.7. The Kier molecular flexibility index (Phi) is 11.0. The van der Waals surface area contributed by atoms with E-state index in [1.54, 1.807) is 19.9 Å². The number of hydrogen-bond acceptors (Lipinski definition) is 14. The maximum Gasteiger partial charge on any atom is 0.303 e. The normalized spacial score (nSPS) is 23.4. The number of allylic oxidation sites excluding steroid dienone is 2. The van der Waals surface area contributed by atoms with Gasteiger partial charge < -0.3 is 38.6 Å². The second-order valence-corrected chi connectivity index (χ2v) is 10.4. The Labute approximate surface area is 252 Å². The minimum Gasteiger partial charge on any atom is -0.507 e. The summed E-state index contributed by atoms with van der Waals surface area (Å²) in [5.74, 6) is -5.89. The highest BCUT2D eigenvalue weighted by Gasteiger charge is 2.53. The van der Waals surface area contributed by atoms with Gasteiger partial charge in [-0.05, 0) is 38.5 Å². The summed E-state index contributed by atoms with van der Waals surface area (Å²) in [7, 11) is 0. The average molecular weight is 619 g/mol. The molecule has 2 N–H and O–H groups in total. The second-order valence-electron chi connectivity index (χ2n) is 10.4. The molecule has 1 aliphatic carbocycles. The van der Waals surface area contributed by atoms with E-state index in [1.165, 1.54) is 0 Å². The molecule has 1 aromatic rings. The summed E-state index contributed by atoms with van der Waals surface area (Å²) >= 11 is 0. The molecule has 14 heteroatoms. The highest BCUT2D eigenvalue weighted by Crippen LogP contribution is 2.38. The summed E-state index contributed by atoms with van der Waals surface area (Å²) in [6.45, 7) is 7.37. The Bertz CT molecular complexity index is 1400. The van der Waals surface area contributed by atoms with Gasteiger partial charge in [-0.25, -0.2) is 0 Å². The Morgan fingerprint density at radius 1 is 0.818 bits per heavy atom. The number of benzene rings is 1. The molecular weight excluding hydrogens is 584 g/mol. The molecule has 0 radical (unpaired) electrons. The van der Waals surface area contributed by atoms with Crippen molar-refractivity contribution in [3.8, 4) is 11.5 Å². The van der Waals surface area contributed by atoms with Crippen LogP contribution >= 0.6 is 0 Å². The number of aromatic hydroxyl groups is 2. The number of phenolic OH excluding ortho intramolecular Hbond substituents is 2. The first-order chi connectivity index (χ1) is 20.6. The molecule has 0 amide bonds. The largest absolute Gasteiger partial charge is 0.507 e. The number of ketones is 2. The van der Waals surface area contributed by atoms with Crippen LogP contribution in [0.25, 0.3) is 0 Å². The number of ether oxygens (including phenoxy) is 6. The molecule has 1 saturated heterocycles. The van der Waals surface area contributed by atoms with Gasteiger partial charge in [0.15, 0.2) is 36.2 Å². The molecule has 0 spiro atoms. The molecule has 0 saturated carbocycles. The van der Waals surface area contributed by atoms with E-state index in [0.29, 0.717) is 0 Å². The first kappa shape index (κ1) is 33.9. The van der Waals surface area contributed by atoms with E-state index in [4.69, 9.17) is 28.4 Å². The highest BCUT2D eigenvalue weighted by molar-refractivity contribution is 6.27.